The van der Waals surface area contributed by atoms with Gasteiger partial charge in [0.25, 0.3) is 22.9 Å². The van der Waals surface area contributed by atoms with Crippen LogP contribution in [0.25, 0.3) is 5.69 Å². The second-order valence-corrected chi connectivity index (χ2v) is 8.22. The topological polar surface area (TPSA) is 141 Å². The van der Waals surface area contributed by atoms with Crippen molar-refractivity contribution in [3.05, 3.63) is 73.9 Å². The Hall–Kier alpha value is -4.75. The first kappa shape index (κ1) is 26.3. The monoisotopic (exact) mass is 534 g/mol. The van der Waals surface area contributed by atoms with E-state index in [1.807, 2.05) is 10.3 Å². The smallest absolute Gasteiger partial charge is 0.425 e. The molecule has 1 aliphatic rings. The number of ether oxygens (including phenoxy) is 3. The Kier molecular flexibility index (Phi) is 6.43. The number of nitrogens with one attached hydrogen (secondary N) is 3. The summed E-state index contributed by atoms with van der Waals surface area (Å²) in [6.45, 7) is 1.75. The number of halogens is 3. The van der Waals surface area contributed by atoms with Crippen molar-refractivity contribution in [2.75, 3.05) is 26.6 Å². The van der Waals surface area contributed by atoms with Crippen LogP contribution in [0.4, 0.5) is 19.0 Å². The number of aryl methyl sites for hydroxylation is 1. The Morgan fingerprint density at radius 1 is 0.974 bits per heavy atom. The summed E-state index contributed by atoms with van der Waals surface area (Å²) in [4.78, 5) is 53.5. The van der Waals surface area contributed by atoms with Crippen LogP contribution in [0, 0.1) is 6.92 Å². The zero-order valence-electron chi connectivity index (χ0n) is 20.4. The van der Waals surface area contributed by atoms with Crippen LogP contribution in [0.5, 0.6) is 17.2 Å². The number of nitrogens with zero attached hydrogens (tertiary/aromatic N) is 1. The van der Waals surface area contributed by atoms with Crippen LogP contribution in [0.15, 0.2) is 46.0 Å². The van der Waals surface area contributed by atoms with E-state index in [2.05, 4.69) is 0 Å². The van der Waals surface area contributed by atoms with Crippen molar-refractivity contribution >= 4 is 17.6 Å². The fourth-order valence-electron chi connectivity index (χ4n) is 4.17. The number of H-pyrrole nitrogens is 1. The van der Waals surface area contributed by atoms with Gasteiger partial charge in [0.05, 0.1) is 27.0 Å². The normalized spacial score (nSPS) is 16.4. The van der Waals surface area contributed by atoms with E-state index in [9.17, 15) is 32.3 Å². The van der Waals surface area contributed by atoms with Crippen LogP contribution in [-0.4, -0.2) is 48.9 Å². The van der Waals surface area contributed by atoms with Crippen molar-refractivity contribution in [1.82, 2.24) is 14.9 Å². The van der Waals surface area contributed by atoms with Crippen LogP contribution in [0.1, 0.15) is 21.5 Å². The molecule has 1 atom stereocenters. The summed E-state index contributed by atoms with van der Waals surface area (Å²) in [5.41, 5.74) is -7.17. The third kappa shape index (κ3) is 3.93. The fourth-order valence-corrected chi connectivity index (χ4v) is 4.17. The SMILES string of the molecule is COc1cc(C(=O)N[C@]2(C(F)(F)F)C(=O)Nc3c2c(=O)[nH]c(=O)n3-c2ccc(C)cc2)cc(OC)c1OC. The molecule has 0 radical (unpaired) electrons. The molecule has 1 aromatic heterocycles. The number of carbonyl (C=O) groups is 2. The van der Waals surface area contributed by atoms with Gasteiger partial charge in [0, 0.05) is 5.56 Å². The van der Waals surface area contributed by atoms with Gasteiger partial charge in [-0.1, -0.05) is 17.7 Å². The summed E-state index contributed by atoms with van der Waals surface area (Å²) in [6, 6.07) is 8.16. The molecule has 0 saturated carbocycles. The van der Waals surface area contributed by atoms with Crippen LogP contribution >= 0.6 is 0 Å². The molecule has 0 aliphatic carbocycles. The van der Waals surface area contributed by atoms with Crippen LogP contribution in [-0.2, 0) is 10.3 Å². The van der Waals surface area contributed by atoms with Crippen molar-refractivity contribution in [2.45, 2.75) is 18.6 Å². The first-order chi connectivity index (χ1) is 17.9. The van der Waals surface area contributed by atoms with E-state index in [0.29, 0.717) is 4.57 Å². The molecule has 3 N–H and O–H groups in total. The average Bonchev–Trinajstić information content (AvgIpc) is 3.16. The van der Waals surface area contributed by atoms with E-state index in [1.165, 1.54) is 33.5 Å². The molecule has 4 rings (SSSR count). The largest absolute Gasteiger partial charge is 0.493 e. The number of alkyl halides is 3. The molecule has 14 heteroatoms. The summed E-state index contributed by atoms with van der Waals surface area (Å²) >= 11 is 0. The first-order valence-electron chi connectivity index (χ1n) is 10.9. The molecule has 2 heterocycles. The standard InChI is InChI=1S/C24H21F3N4O7/c1-11-5-7-13(8-6-11)31-18-16(20(33)29-22(31)35)23(21(34)28-18,24(25,26)27)30-19(32)12-9-14(36-2)17(38-4)15(10-12)37-3/h5-10H,1-4H3,(H,28,34)(H,30,32)(H,29,33,35)/t23-/m0/s1. The molecular formula is C24H21F3N4O7. The van der Waals surface area contributed by atoms with Gasteiger partial charge >= 0.3 is 11.9 Å². The van der Waals surface area contributed by atoms with E-state index in [-0.39, 0.29) is 22.9 Å². The molecule has 11 nitrogen and oxygen atoms in total. The summed E-state index contributed by atoms with van der Waals surface area (Å²) < 4.78 is 60.3. The summed E-state index contributed by atoms with van der Waals surface area (Å²) in [7, 11) is 3.76. The van der Waals surface area contributed by atoms with Crippen molar-refractivity contribution in [2.24, 2.45) is 0 Å². The highest BCUT2D eigenvalue weighted by atomic mass is 19.4. The van der Waals surface area contributed by atoms with E-state index in [0.717, 1.165) is 17.7 Å². The molecule has 200 valence electrons. The molecular weight excluding hydrogens is 513 g/mol. The molecule has 0 spiro atoms. The maximum Gasteiger partial charge on any atom is 0.425 e. The zero-order chi connectivity index (χ0) is 28.0. The molecule has 38 heavy (non-hydrogen) atoms. The number of amides is 2. The van der Waals surface area contributed by atoms with Crippen LogP contribution in [0.3, 0.4) is 0 Å². The summed E-state index contributed by atoms with van der Waals surface area (Å²) in [5.74, 6) is -3.91. The zero-order valence-corrected chi connectivity index (χ0v) is 20.4. The number of anilines is 1. The van der Waals surface area contributed by atoms with Crippen LogP contribution in [0.2, 0.25) is 0 Å². The Balaban J connectivity index is 1.94. The molecule has 1 aliphatic heterocycles. The molecule has 0 fully saturated rings. The van der Waals surface area contributed by atoms with Gasteiger partial charge in [0.15, 0.2) is 11.5 Å². The summed E-state index contributed by atoms with van der Waals surface area (Å²) in [6.07, 6.45) is -5.51. The quantitative estimate of drug-likeness (QED) is 0.439. The molecule has 0 bridgehead atoms. The Morgan fingerprint density at radius 3 is 2.05 bits per heavy atom. The number of aromatic nitrogens is 2. The lowest BCUT2D eigenvalue weighted by Gasteiger charge is -2.30. The van der Waals surface area contributed by atoms with Crippen molar-refractivity contribution in [3.8, 4) is 22.9 Å². The summed E-state index contributed by atoms with van der Waals surface area (Å²) in [5, 5.41) is 3.66. The number of rotatable bonds is 6. The molecule has 2 aromatic carbocycles. The molecule has 0 saturated heterocycles. The van der Waals surface area contributed by atoms with E-state index >= 15 is 0 Å². The van der Waals surface area contributed by atoms with Crippen molar-refractivity contribution < 1.29 is 37.0 Å². The van der Waals surface area contributed by atoms with Gasteiger partial charge in [-0.2, -0.15) is 13.2 Å². The Morgan fingerprint density at radius 2 is 1.55 bits per heavy atom. The lowest BCUT2D eigenvalue weighted by Crippen LogP contribution is -2.62. The van der Waals surface area contributed by atoms with Crippen molar-refractivity contribution in [3.63, 3.8) is 0 Å². The number of benzene rings is 2. The second-order valence-electron chi connectivity index (χ2n) is 8.22. The molecule has 2 amide bonds. The molecule has 3 aromatic rings. The minimum atomic E-state index is -5.51. The number of carbonyl (C=O) groups excluding carboxylic acids is 2. The third-order valence-corrected chi connectivity index (χ3v) is 6.00. The number of hydrogen-bond donors (Lipinski definition) is 3. The van der Waals surface area contributed by atoms with Gasteiger partial charge < -0.3 is 24.8 Å². The van der Waals surface area contributed by atoms with Crippen molar-refractivity contribution in [1.29, 1.82) is 0 Å². The highest BCUT2D eigenvalue weighted by molar-refractivity contribution is 6.09. The number of hydrogen-bond acceptors (Lipinski definition) is 7. The van der Waals surface area contributed by atoms with Gasteiger partial charge in [-0.3, -0.25) is 19.4 Å². The average molecular weight is 534 g/mol. The Bertz CT molecular complexity index is 1540. The molecule has 0 unspecified atom stereocenters. The Labute approximate surface area is 212 Å². The van der Waals surface area contributed by atoms with Gasteiger partial charge in [0.1, 0.15) is 11.4 Å². The van der Waals surface area contributed by atoms with Gasteiger partial charge in [-0.15, -0.1) is 0 Å². The number of methoxy groups -OCH3 is 3. The predicted molar refractivity (Wildman–Crippen MR) is 127 cm³/mol. The maximum absolute atomic E-state index is 14.7. The van der Waals surface area contributed by atoms with Gasteiger partial charge in [-0.05, 0) is 31.2 Å². The lowest BCUT2D eigenvalue weighted by molar-refractivity contribution is -0.196. The minimum absolute atomic E-state index is 0.0413. The third-order valence-electron chi connectivity index (χ3n) is 6.00. The lowest BCUT2D eigenvalue weighted by atomic mass is 9.91. The van der Waals surface area contributed by atoms with E-state index < -0.39 is 51.7 Å². The fraction of sp³-hybridized carbons (Fsp3) is 0.250. The second kappa shape index (κ2) is 9.28. The highest BCUT2D eigenvalue weighted by Crippen LogP contribution is 2.46. The van der Waals surface area contributed by atoms with Gasteiger partial charge in [-0.25, -0.2) is 9.36 Å². The highest BCUT2D eigenvalue weighted by Gasteiger charge is 2.68. The predicted octanol–water partition coefficient (Wildman–Crippen LogP) is 2.00. The first-order valence-corrected chi connectivity index (χ1v) is 10.9. The van der Waals surface area contributed by atoms with Gasteiger partial charge in [0.2, 0.25) is 5.75 Å². The van der Waals surface area contributed by atoms with Crippen LogP contribution < -0.4 is 36.1 Å². The van der Waals surface area contributed by atoms with E-state index in [1.54, 1.807) is 24.4 Å². The minimum Gasteiger partial charge on any atom is -0.493 e. The number of aromatic amines is 1. The van der Waals surface area contributed by atoms with E-state index in [4.69, 9.17) is 14.2 Å². The number of fused-ring (bicyclic) bond motifs is 1. The maximum atomic E-state index is 14.7.